The molecule has 0 saturated carbocycles. The van der Waals surface area contributed by atoms with Crippen LogP contribution < -0.4 is 10.9 Å². The largest absolute Gasteiger partial charge is 0.462 e. The van der Waals surface area contributed by atoms with Crippen LogP contribution in [0.5, 0.6) is 0 Å². The number of benzene rings is 2. The summed E-state index contributed by atoms with van der Waals surface area (Å²) in [6, 6.07) is 13.9. The minimum atomic E-state index is -0.471. The zero-order chi connectivity index (χ0) is 22.7. The van der Waals surface area contributed by atoms with Crippen molar-refractivity contribution in [3.63, 3.8) is 0 Å². The maximum absolute atomic E-state index is 12.8. The van der Waals surface area contributed by atoms with Crippen LogP contribution >= 0.6 is 0 Å². The minimum absolute atomic E-state index is 0.0700. The predicted octanol–water partition coefficient (Wildman–Crippen LogP) is 2.10. The van der Waals surface area contributed by atoms with Crippen molar-refractivity contribution in [2.75, 3.05) is 11.9 Å². The second-order valence-corrected chi connectivity index (χ2v) is 7.04. The maximum atomic E-state index is 12.8. The molecule has 0 bridgehead atoms. The lowest BCUT2D eigenvalue weighted by atomic mass is 10.2. The Bertz CT molecular complexity index is 1360. The van der Waals surface area contributed by atoms with E-state index in [0.29, 0.717) is 16.9 Å². The number of hydrogen-bond donors (Lipinski definition) is 1. The van der Waals surface area contributed by atoms with E-state index in [1.807, 2.05) is 31.2 Å². The maximum Gasteiger partial charge on any atom is 0.338 e. The molecule has 162 valence electrons. The number of aromatic nitrogens is 5. The molecule has 1 N–H and O–H groups in total. The zero-order valence-corrected chi connectivity index (χ0v) is 17.5. The van der Waals surface area contributed by atoms with Crippen molar-refractivity contribution in [1.29, 1.82) is 0 Å². The van der Waals surface area contributed by atoms with Gasteiger partial charge in [0.05, 0.1) is 17.9 Å². The first-order chi connectivity index (χ1) is 15.5. The molecule has 0 fully saturated rings. The van der Waals surface area contributed by atoms with Gasteiger partial charge in [-0.1, -0.05) is 17.3 Å². The lowest BCUT2D eigenvalue weighted by Gasteiger charge is -2.08. The lowest BCUT2D eigenvalue weighted by Crippen LogP contribution is -2.28. The summed E-state index contributed by atoms with van der Waals surface area (Å²) in [5.74, 6) is -0.863. The van der Waals surface area contributed by atoms with Crippen molar-refractivity contribution in [3.05, 3.63) is 76.3 Å². The fourth-order valence-corrected chi connectivity index (χ4v) is 3.15. The SMILES string of the molecule is CCOC(=O)c1ccc(NC(=O)Cn2cnc3c(nnn3-c3cccc(C)c3)c2=O)cc1. The molecule has 2 aromatic heterocycles. The third-order valence-corrected chi connectivity index (χ3v) is 4.67. The van der Waals surface area contributed by atoms with E-state index < -0.39 is 17.4 Å². The topological polar surface area (TPSA) is 121 Å². The number of amides is 1. The van der Waals surface area contributed by atoms with Gasteiger partial charge in [-0.15, -0.1) is 5.10 Å². The fraction of sp³-hybridized carbons (Fsp3) is 0.182. The van der Waals surface area contributed by atoms with Crippen molar-refractivity contribution in [3.8, 4) is 5.69 Å². The van der Waals surface area contributed by atoms with Gasteiger partial charge in [0.1, 0.15) is 12.9 Å². The summed E-state index contributed by atoms with van der Waals surface area (Å²) in [5, 5.41) is 10.7. The standard InChI is InChI=1S/C22H20N6O4/c1-3-32-22(31)15-7-9-16(10-8-15)24-18(29)12-27-13-23-20-19(21(27)30)25-26-28(20)17-6-4-5-14(2)11-17/h4-11,13H,3,12H2,1-2H3,(H,24,29). The number of aryl methyl sites for hydroxylation is 1. The molecular formula is C22H20N6O4. The Labute approximate surface area is 182 Å². The average Bonchev–Trinajstić information content (AvgIpc) is 3.21. The molecule has 10 nitrogen and oxygen atoms in total. The number of rotatable bonds is 6. The van der Waals surface area contributed by atoms with Crippen molar-refractivity contribution in [2.24, 2.45) is 0 Å². The number of carbonyl (C=O) groups is 2. The molecule has 2 aromatic carbocycles. The Balaban J connectivity index is 1.51. The number of esters is 1. The molecule has 0 aliphatic rings. The average molecular weight is 432 g/mol. The van der Waals surface area contributed by atoms with Gasteiger partial charge in [-0.2, -0.15) is 4.68 Å². The Morgan fingerprint density at radius 1 is 1.12 bits per heavy atom. The number of carbonyl (C=O) groups excluding carboxylic acids is 2. The number of fused-ring (bicyclic) bond motifs is 1. The smallest absolute Gasteiger partial charge is 0.338 e. The van der Waals surface area contributed by atoms with Gasteiger partial charge in [0.2, 0.25) is 5.91 Å². The van der Waals surface area contributed by atoms with Gasteiger partial charge in [-0.05, 0) is 55.8 Å². The Morgan fingerprint density at radius 2 is 1.91 bits per heavy atom. The van der Waals surface area contributed by atoms with Crippen molar-refractivity contribution in [2.45, 2.75) is 20.4 Å². The summed E-state index contributed by atoms with van der Waals surface area (Å²) in [4.78, 5) is 41.2. The minimum Gasteiger partial charge on any atom is -0.462 e. The molecule has 0 saturated heterocycles. The number of ether oxygens (including phenoxy) is 1. The fourth-order valence-electron chi connectivity index (χ4n) is 3.15. The number of anilines is 1. The van der Waals surface area contributed by atoms with E-state index in [-0.39, 0.29) is 18.7 Å². The molecule has 10 heteroatoms. The van der Waals surface area contributed by atoms with E-state index in [4.69, 9.17) is 4.74 Å². The van der Waals surface area contributed by atoms with Crippen LogP contribution in [-0.4, -0.2) is 43.0 Å². The molecule has 0 atom stereocenters. The van der Waals surface area contributed by atoms with E-state index in [1.165, 1.54) is 15.6 Å². The lowest BCUT2D eigenvalue weighted by molar-refractivity contribution is -0.116. The van der Waals surface area contributed by atoms with Crippen LogP contribution in [-0.2, 0) is 16.1 Å². The first-order valence-electron chi connectivity index (χ1n) is 9.91. The van der Waals surface area contributed by atoms with Gasteiger partial charge in [-0.25, -0.2) is 9.78 Å². The van der Waals surface area contributed by atoms with Crippen LogP contribution in [0.2, 0.25) is 0 Å². The Hall–Kier alpha value is -4.34. The van der Waals surface area contributed by atoms with Crippen LogP contribution in [0.3, 0.4) is 0 Å². The highest BCUT2D eigenvalue weighted by Gasteiger charge is 2.15. The van der Waals surface area contributed by atoms with Gasteiger partial charge in [-0.3, -0.25) is 14.2 Å². The molecule has 32 heavy (non-hydrogen) atoms. The van der Waals surface area contributed by atoms with Gasteiger partial charge in [0.15, 0.2) is 11.2 Å². The van der Waals surface area contributed by atoms with Crippen LogP contribution in [0.25, 0.3) is 16.9 Å². The molecular weight excluding hydrogens is 412 g/mol. The normalized spacial score (nSPS) is 10.8. The molecule has 1 amide bonds. The number of hydrogen-bond acceptors (Lipinski definition) is 7. The predicted molar refractivity (Wildman–Crippen MR) is 117 cm³/mol. The van der Waals surface area contributed by atoms with E-state index in [9.17, 15) is 14.4 Å². The van der Waals surface area contributed by atoms with Crippen LogP contribution in [0.15, 0.2) is 59.7 Å². The van der Waals surface area contributed by atoms with Gasteiger partial charge >= 0.3 is 5.97 Å². The third-order valence-electron chi connectivity index (χ3n) is 4.67. The summed E-state index contributed by atoms with van der Waals surface area (Å²) in [5.41, 5.74) is 2.55. The summed E-state index contributed by atoms with van der Waals surface area (Å²) < 4.78 is 7.58. The summed E-state index contributed by atoms with van der Waals surface area (Å²) >= 11 is 0. The van der Waals surface area contributed by atoms with E-state index >= 15 is 0 Å². The van der Waals surface area contributed by atoms with Crippen molar-refractivity contribution >= 4 is 28.7 Å². The summed E-state index contributed by atoms with van der Waals surface area (Å²) in [7, 11) is 0. The number of nitrogens with one attached hydrogen (secondary N) is 1. The molecule has 0 aliphatic heterocycles. The van der Waals surface area contributed by atoms with Crippen molar-refractivity contribution < 1.29 is 14.3 Å². The molecule has 0 unspecified atom stereocenters. The molecule has 4 aromatic rings. The van der Waals surface area contributed by atoms with Gasteiger partial charge in [0.25, 0.3) is 5.56 Å². The molecule has 0 spiro atoms. The van der Waals surface area contributed by atoms with Gasteiger partial charge in [0, 0.05) is 5.69 Å². The van der Waals surface area contributed by atoms with Crippen LogP contribution in [0.1, 0.15) is 22.8 Å². The second-order valence-electron chi connectivity index (χ2n) is 7.04. The molecule has 4 rings (SSSR count). The molecule has 0 aliphatic carbocycles. The first-order valence-corrected chi connectivity index (χ1v) is 9.91. The molecule has 0 radical (unpaired) electrons. The quantitative estimate of drug-likeness (QED) is 0.463. The monoisotopic (exact) mass is 432 g/mol. The zero-order valence-electron chi connectivity index (χ0n) is 17.5. The van der Waals surface area contributed by atoms with Gasteiger partial charge < -0.3 is 10.1 Å². The summed E-state index contributed by atoms with van der Waals surface area (Å²) in [6.45, 7) is 3.71. The Morgan fingerprint density at radius 3 is 2.62 bits per heavy atom. The van der Waals surface area contributed by atoms with E-state index in [1.54, 1.807) is 31.2 Å². The first kappa shape index (κ1) is 20.9. The number of nitrogens with zero attached hydrogens (tertiary/aromatic N) is 5. The second kappa shape index (κ2) is 8.80. The third kappa shape index (κ3) is 4.24. The Kier molecular flexibility index (Phi) is 5.75. The summed E-state index contributed by atoms with van der Waals surface area (Å²) in [6.07, 6.45) is 1.30. The highest BCUT2D eigenvalue weighted by molar-refractivity contribution is 5.93. The van der Waals surface area contributed by atoms with E-state index in [0.717, 1.165) is 11.3 Å². The van der Waals surface area contributed by atoms with Crippen LogP contribution in [0, 0.1) is 6.92 Å². The van der Waals surface area contributed by atoms with Crippen molar-refractivity contribution in [1.82, 2.24) is 24.5 Å². The van der Waals surface area contributed by atoms with E-state index in [2.05, 4.69) is 20.6 Å². The van der Waals surface area contributed by atoms with Crippen LogP contribution in [0.4, 0.5) is 5.69 Å². The highest BCUT2D eigenvalue weighted by atomic mass is 16.5. The molecule has 2 heterocycles. The highest BCUT2D eigenvalue weighted by Crippen LogP contribution is 2.14.